The van der Waals surface area contributed by atoms with Crippen LogP contribution < -0.4 is 0 Å². The predicted octanol–water partition coefficient (Wildman–Crippen LogP) is 2.30. The number of nitro groups is 1. The van der Waals surface area contributed by atoms with Crippen molar-refractivity contribution in [2.75, 3.05) is 7.11 Å². The van der Waals surface area contributed by atoms with Gasteiger partial charge in [0.1, 0.15) is 0 Å². The largest absolute Gasteiger partial charge is 0.380 e. The van der Waals surface area contributed by atoms with E-state index in [1.165, 1.54) is 6.07 Å². The fourth-order valence-corrected chi connectivity index (χ4v) is 1.49. The normalized spacial score (nSPS) is 10.1. The Balaban J connectivity index is 3.17. The van der Waals surface area contributed by atoms with Crippen molar-refractivity contribution in [2.24, 2.45) is 0 Å². The molecule has 14 heavy (non-hydrogen) atoms. The van der Waals surface area contributed by atoms with Crippen LogP contribution in [0.25, 0.3) is 0 Å². The summed E-state index contributed by atoms with van der Waals surface area (Å²) in [5.74, 6) is 0. The first-order valence-electron chi connectivity index (χ1n) is 4.44. The number of rotatable bonds is 4. The molecule has 4 nitrogen and oxygen atoms in total. The summed E-state index contributed by atoms with van der Waals surface area (Å²) in [5.41, 5.74) is 1.84. The van der Waals surface area contributed by atoms with Crippen LogP contribution in [0.1, 0.15) is 18.1 Å². The maximum absolute atomic E-state index is 10.7. The summed E-state index contributed by atoms with van der Waals surface area (Å²) in [5, 5.41) is 10.7. The average Bonchev–Trinajstić information content (AvgIpc) is 2.18. The molecular weight excluding hydrogens is 182 g/mol. The lowest BCUT2D eigenvalue weighted by molar-refractivity contribution is -0.385. The molecule has 0 radical (unpaired) electrons. The SMILES string of the molecule is CCc1c(COC)cccc1[N+](=O)[O-]. The Bertz CT molecular complexity index is 336. The lowest BCUT2D eigenvalue weighted by atomic mass is 10.0. The minimum atomic E-state index is -0.349. The van der Waals surface area contributed by atoms with Gasteiger partial charge in [0.15, 0.2) is 0 Å². The Hall–Kier alpha value is -1.42. The van der Waals surface area contributed by atoms with Gasteiger partial charge in [0.25, 0.3) is 5.69 Å². The minimum absolute atomic E-state index is 0.182. The lowest BCUT2D eigenvalue weighted by Crippen LogP contribution is -2.00. The van der Waals surface area contributed by atoms with Gasteiger partial charge in [-0.3, -0.25) is 10.1 Å². The monoisotopic (exact) mass is 195 g/mol. The summed E-state index contributed by atoms with van der Waals surface area (Å²) in [6.45, 7) is 2.33. The molecule has 1 rings (SSSR count). The second-order valence-electron chi connectivity index (χ2n) is 2.96. The molecule has 0 aromatic heterocycles. The lowest BCUT2D eigenvalue weighted by Gasteiger charge is -2.06. The zero-order valence-electron chi connectivity index (χ0n) is 8.32. The molecule has 0 aliphatic carbocycles. The Labute approximate surface area is 82.7 Å². The predicted molar refractivity (Wildman–Crippen MR) is 53.2 cm³/mol. The van der Waals surface area contributed by atoms with Gasteiger partial charge >= 0.3 is 0 Å². The van der Waals surface area contributed by atoms with Crippen molar-refractivity contribution in [3.05, 3.63) is 39.4 Å². The minimum Gasteiger partial charge on any atom is -0.380 e. The number of nitrogens with zero attached hydrogens (tertiary/aromatic N) is 1. The molecular formula is C10H13NO3. The molecule has 0 aliphatic rings. The number of hydrogen-bond donors (Lipinski definition) is 0. The third-order valence-corrected chi connectivity index (χ3v) is 2.10. The third kappa shape index (κ3) is 2.09. The van der Waals surface area contributed by atoms with Crippen LogP contribution in [-0.2, 0) is 17.8 Å². The van der Waals surface area contributed by atoms with Gasteiger partial charge in [-0.05, 0) is 12.0 Å². The number of methoxy groups -OCH3 is 1. The summed E-state index contributed by atoms with van der Waals surface area (Å²) in [4.78, 5) is 10.4. The maximum atomic E-state index is 10.7. The van der Waals surface area contributed by atoms with Crippen molar-refractivity contribution >= 4 is 5.69 Å². The third-order valence-electron chi connectivity index (χ3n) is 2.10. The van der Waals surface area contributed by atoms with Gasteiger partial charge in [-0.1, -0.05) is 19.1 Å². The molecule has 1 aromatic carbocycles. The molecule has 0 unspecified atom stereocenters. The van der Waals surface area contributed by atoms with E-state index in [1.807, 2.05) is 13.0 Å². The molecule has 0 atom stereocenters. The summed E-state index contributed by atoms with van der Waals surface area (Å²) in [7, 11) is 1.58. The molecule has 0 bridgehead atoms. The first-order chi connectivity index (χ1) is 6.70. The van der Waals surface area contributed by atoms with E-state index >= 15 is 0 Å². The van der Waals surface area contributed by atoms with Gasteiger partial charge in [-0.25, -0.2) is 0 Å². The molecule has 0 amide bonds. The van der Waals surface area contributed by atoms with Gasteiger partial charge in [0.05, 0.1) is 11.5 Å². The molecule has 4 heteroatoms. The van der Waals surface area contributed by atoms with Crippen LogP contribution >= 0.6 is 0 Å². The van der Waals surface area contributed by atoms with Crippen LogP contribution in [0, 0.1) is 10.1 Å². The topological polar surface area (TPSA) is 52.4 Å². The molecule has 76 valence electrons. The van der Waals surface area contributed by atoms with Crippen LogP contribution in [0.3, 0.4) is 0 Å². The fraction of sp³-hybridized carbons (Fsp3) is 0.400. The van der Waals surface area contributed by atoms with E-state index in [9.17, 15) is 10.1 Å². The first-order valence-corrected chi connectivity index (χ1v) is 4.44. The summed E-state index contributed by atoms with van der Waals surface area (Å²) >= 11 is 0. The van der Waals surface area contributed by atoms with E-state index in [2.05, 4.69) is 0 Å². The Morgan fingerprint density at radius 2 is 2.21 bits per heavy atom. The van der Waals surface area contributed by atoms with Gasteiger partial charge in [0, 0.05) is 18.7 Å². The number of nitro benzene ring substituents is 1. The summed E-state index contributed by atoms with van der Waals surface area (Å²) < 4.78 is 4.98. The van der Waals surface area contributed by atoms with E-state index in [1.54, 1.807) is 13.2 Å². The zero-order chi connectivity index (χ0) is 10.6. The van der Waals surface area contributed by atoms with Crippen molar-refractivity contribution in [3.63, 3.8) is 0 Å². The van der Waals surface area contributed by atoms with Crippen LogP contribution in [0.15, 0.2) is 18.2 Å². The van der Waals surface area contributed by atoms with E-state index in [0.717, 1.165) is 11.1 Å². The van der Waals surface area contributed by atoms with Gasteiger partial charge in [0.2, 0.25) is 0 Å². The standard InChI is InChI=1S/C10H13NO3/c1-3-9-8(7-14-2)5-4-6-10(9)11(12)13/h4-6H,3,7H2,1-2H3. The van der Waals surface area contributed by atoms with Crippen LogP contribution in [0.2, 0.25) is 0 Å². The molecule has 0 heterocycles. The smallest absolute Gasteiger partial charge is 0.272 e. The highest BCUT2D eigenvalue weighted by molar-refractivity contribution is 5.45. The molecule has 1 aromatic rings. The second kappa shape index (κ2) is 4.72. The highest BCUT2D eigenvalue weighted by Crippen LogP contribution is 2.23. The molecule has 0 fully saturated rings. The number of ether oxygens (including phenoxy) is 1. The van der Waals surface area contributed by atoms with E-state index in [0.29, 0.717) is 13.0 Å². The van der Waals surface area contributed by atoms with Crippen molar-refractivity contribution in [3.8, 4) is 0 Å². The van der Waals surface area contributed by atoms with Crippen LogP contribution in [-0.4, -0.2) is 12.0 Å². The molecule has 0 saturated carbocycles. The maximum Gasteiger partial charge on any atom is 0.272 e. The van der Waals surface area contributed by atoms with Crippen LogP contribution in [0.4, 0.5) is 5.69 Å². The molecule has 0 saturated heterocycles. The van der Waals surface area contributed by atoms with Crippen molar-refractivity contribution in [2.45, 2.75) is 20.0 Å². The fourth-order valence-electron chi connectivity index (χ4n) is 1.49. The van der Waals surface area contributed by atoms with E-state index < -0.39 is 0 Å². The quantitative estimate of drug-likeness (QED) is 0.547. The van der Waals surface area contributed by atoms with Crippen molar-refractivity contribution in [1.82, 2.24) is 0 Å². The first kappa shape index (κ1) is 10.7. The van der Waals surface area contributed by atoms with Gasteiger partial charge in [-0.2, -0.15) is 0 Å². The van der Waals surface area contributed by atoms with Gasteiger partial charge < -0.3 is 4.74 Å². The Morgan fingerprint density at radius 3 is 2.71 bits per heavy atom. The van der Waals surface area contributed by atoms with E-state index in [-0.39, 0.29) is 10.6 Å². The van der Waals surface area contributed by atoms with Crippen molar-refractivity contribution in [1.29, 1.82) is 0 Å². The molecule has 0 spiro atoms. The number of benzene rings is 1. The van der Waals surface area contributed by atoms with Crippen molar-refractivity contribution < 1.29 is 9.66 Å². The van der Waals surface area contributed by atoms with E-state index in [4.69, 9.17) is 4.74 Å². The second-order valence-corrected chi connectivity index (χ2v) is 2.96. The zero-order valence-corrected chi connectivity index (χ0v) is 8.32. The number of hydrogen-bond acceptors (Lipinski definition) is 3. The Kier molecular flexibility index (Phi) is 3.59. The average molecular weight is 195 g/mol. The van der Waals surface area contributed by atoms with Crippen LogP contribution in [0.5, 0.6) is 0 Å². The highest BCUT2D eigenvalue weighted by Gasteiger charge is 2.14. The summed E-state index contributed by atoms with van der Waals surface area (Å²) in [6.07, 6.45) is 0.649. The highest BCUT2D eigenvalue weighted by atomic mass is 16.6. The molecule has 0 aliphatic heterocycles. The Morgan fingerprint density at radius 1 is 1.50 bits per heavy atom. The molecule has 0 N–H and O–H groups in total. The summed E-state index contributed by atoms with van der Waals surface area (Å²) in [6, 6.07) is 5.07. The van der Waals surface area contributed by atoms with Gasteiger partial charge in [-0.15, -0.1) is 0 Å².